The molecule has 0 unspecified atom stereocenters. The van der Waals surface area contributed by atoms with Crippen molar-refractivity contribution in [2.75, 3.05) is 17.2 Å². The monoisotopic (exact) mass is 464 g/mol. The molecule has 4 N–H and O–H groups in total. The van der Waals surface area contributed by atoms with Gasteiger partial charge in [0.1, 0.15) is 5.75 Å². The van der Waals surface area contributed by atoms with Gasteiger partial charge in [-0.3, -0.25) is 14.9 Å². The molecule has 2 aromatic rings. The average molecular weight is 465 g/mol. The summed E-state index contributed by atoms with van der Waals surface area (Å²) in [6.07, 6.45) is 0.345. The van der Waals surface area contributed by atoms with Crippen molar-refractivity contribution in [1.82, 2.24) is 10.6 Å². The topological polar surface area (TPSA) is 91.5 Å². The Balaban J connectivity index is 1.79. The number of halogens is 1. The Labute approximate surface area is 190 Å². The maximum atomic E-state index is 12.0. The zero-order valence-corrected chi connectivity index (χ0v) is 18.8. The molecule has 0 radical (unpaired) electrons. The van der Waals surface area contributed by atoms with E-state index in [0.717, 1.165) is 5.56 Å². The minimum atomic E-state index is -0.392. The van der Waals surface area contributed by atoms with Crippen LogP contribution in [0.15, 0.2) is 42.5 Å². The van der Waals surface area contributed by atoms with E-state index in [2.05, 4.69) is 21.3 Å². The number of nitrogens with one attached hydrogen (secondary N) is 4. The highest BCUT2D eigenvalue weighted by atomic mass is 35.5. The Morgan fingerprint density at radius 1 is 0.933 bits per heavy atom. The average Bonchev–Trinajstić information content (AvgIpc) is 2.68. The van der Waals surface area contributed by atoms with E-state index in [1.54, 1.807) is 49.4 Å². The molecule has 0 aliphatic carbocycles. The van der Waals surface area contributed by atoms with Gasteiger partial charge in [0.05, 0.1) is 0 Å². The zero-order chi connectivity index (χ0) is 22.1. The number of rotatable bonds is 6. The smallest absolute Gasteiger partial charge is 0.264 e. The molecule has 0 aliphatic rings. The third-order valence-electron chi connectivity index (χ3n) is 3.72. The van der Waals surface area contributed by atoms with Crippen molar-refractivity contribution in [3.05, 3.63) is 53.1 Å². The Hall–Kier alpha value is -2.75. The summed E-state index contributed by atoms with van der Waals surface area (Å²) < 4.78 is 5.48. The van der Waals surface area contributed by atoms with Crippen LogP contribution in [0.25, 0.3) is 0 Å². The molecule has 0 fully saturated rings. The summed E-state index contributed by atoms with van der Waals surface area (Å²) in [6, 6.07) is 12.2. The van der Waals surface area contributed by atoms with Crippen LogP contribution >= 0.6 is 36.0 Å². The molecule has 158 valence electrons. The number of carbonyl (C=O) groups excluding carboxylic acids is 2. The number of ether oxygens (including phenoxy) is 1. The number of hydrogen-bond donors (Lipinski definition) is 4. The second-order valence-electron chi connectivity index (χ2n) is 6.13. The Bertz CT molecular complexity index is 952. The van der Waals surface area contributed by atoms with E-state index in [9.17, 15) is 9.59 Å². The van der Waals surface area contributed by atoms with Gasteiger partial charge < -0.3 is 20.7 Å². The lowest BCUT2D eigenvalue weighted by Gasteiger charge is -2.12. The molecular weight excluding hydrogens is 444 g/mol. The summed E-state index contributed by atoms with van der Waals surface area (Å²) in [4.78, 5) is 23.4. The molecule has 0 heterocycles. The van der Waals surface area contributed by atoms with E-state index in [1.165, 1.54) is 0 Å². The molecule has 0 saturated heterocycles. The van der Waals surface area contributed by atoms with Gasteiger partial charge in [-0.05, 0) is 79.4 Å². The lowest BCUT2D eigenvalue weighted by Crippen LogP contribution is -2.37. The predicted molar refractivity (Wildman–Crippen MR) is 127 cm³/mol. The first-order chi connectivity index (χ1) is 14.3. The van der Waals surface area contributed by atoms with Crippen LogP contribution in [0, 0.1) is 6.92 Å². The molecule has 2 rings (SSSR count). The van der Waals surface area contributed by atoms with Crippen LogP contribution in [0.3, 0.4) is 0 Å². The van der Waals surface area contributed by atoms with Gasteiger partial charge in [-0.2, -0.15) is 0 Å². The number of carbonyl (C=O) groups is 2. The molecule has 2 aromatic carbocycles. The van der Waals surface area contributed by atoms with Crippen molar-refractivity contribution < 1.29 is 14.3 Å². The van der Waals surface area contributed by atoms with E-state index in [-0.39, 0.29) is 22.7 Å². The standard InChI is InChI=1S/C20H21ClN4O3S2/c1-3-17(26)24-19(29)22-14-5-7-15(8-6-14)23-20(30)25-18(27)11-28-16-9-4-13(21)10-12(16)2/h4-10H,3,11H2,1-2H3,(H2,22,24,26,29)(H2,23,25,27,30). The van der Waals surface area contributed by atoms with Crippen molar-refractivity contribution in [3.63, 3.8) is 0 Å². The van der Waals surface area contributed by atoms with Crippen LogP contribution in [-0.2, 0) is 9.59 Å². The third kappa shape index (κ3) is 7.94. The fourth-order valence-corrected chi connectivity index (χ4v) is 2.95. The number of benzene rings is 2. The third-order valence-corrected chi connectivity index (χ3v) is 4.37. The van der Waals surface area contributed by atoms with E-state index in [0.29, 0.717) is 28.6 Å². The normalized spacial score (nSPS) is 9.97. The second kappa shape index (κ2) is 11.4. The van der Waals surface area contributed by atoms with Gasteiger partial charge in [-0.15, -0.1) is 0 Å². The molecule has 0 saturated carbocycles. The van der Waals surface area contributed by atoms with Crippen LogP contribution in [0.2, 0.25) is 5.02 Å². The largest absolute Gasteiger partial charge is 0.483 e. The number of aryl methyl sites for hydroxylation is 1. The van der Waals surface area contributed by atoms with Gasteiger partial charge in [0.15, 0.2) is 16.8 Å². The molecule has 10 heteroatoms. The van der Waals surface area contributed by atoms with Crippen molar-refractivity contribution in [2.45, 2.75) is 20.3 Å². The fraction of sp³-hybridized carbons (Fsp3) is 0.200. The highest BCUT2D eigenvalue weighted by molar-refractivity contribution is 7.80. The quantitative estimate of drug-likeness (QED) is 0.484. The predicted octanol–water partition coefficient (Wildman–Crippen LogP) is 3.76. The van der Waals surface area contributed by atoms with E-state index in [4.69, 9.17) is 40.8 Å². The highest BCUT2D eigenvalue weighted by Gasteiger charge is 2.08. The van der Waals surface area contributed by atoms with Crippen molar-refractivity contribution >= 4 is 69.5 Å². The summed E-state index contributed by atoms with van der Waals surface area (Å²) in [5, 5.41) is 11.9. The van der Waals surface area contributed by atoms with Crippen molar-refractivity contribution in [2.24, 2.45) is 0 Å². The summed E-state index contributed by atoms with van der Waals surface area (Å²) in [7, 11) is 0. The van der Waals surface area contributed by atoms with E-state index >= 15 is 0 Å². The molecule has 0 bridgehead atoms. The fourth-order valence-electron chi connectivity index (χ4n) is 2.26. The number of amides is 2. The van der Waals surface area contributed by atoms with E-state index in [1.807, 2.05) is 6.92 Å². The van der Waals surface area contributed by atoms with Gasteiger partial charge in [-0.1, -0.05) is 18.5 Å². The molecule has 2 amide bonds. The molecule has 0 aliphatic heterocycles. The van der Waals surface area contributed by atoms with Gasteiger partial charge >= 0.3 is 0 Å². The molecule has 0 atom stereocenters. The molecule has 0 aromatic heterocycles. The number of anilines is 2. The van der Waals surface area contributed by atoms with Gasteiger partial charge in [-0.25, -0.2) is 0 Å². The molecular formula is C20H21ClN4O3S2. The van der Waals surface area contributed by atoms with Gasteiger partial charge in [0.2, 0.25) is 5.91 Å². The van der Waals surface area contributed by atoms with Gasteiger partial charge in [0, 0.05) is 22.8 Å². The zero-order valence-electron chi connectivity index (χ0n) is 16.4. The van der Waals surface area contributed by atoms with Crippen LogP contribution in [0.5, 0.6) is 5.75 Å². The van der Waals surface area contributed by atoms with Crippen molar-refractivity contribution in [3.8, 4) is 5.75 Å². The minimum Gasteiger partial charge on any atom is -0.483 e. The summed E-state index contributed by atoms with van der Waals surface area (Å²) in [5.74, 6) is 0.0174. The first-order valence-electron chi connectivity index (χ1n) is 8.97. The molecule has 0 spiro atoms. The van der Waals surface area contributed by atoms with Gasteiger partial charge in [0.25, 0.3) is 5.91 Å². The number of hydrogen-bond acceptors (Lipinski definition) is 5. The second-order valence-corrected chi connectivity index (χ2v) is 7.39. The SMILES string of the molecule is CCC(=O)NC(=S)Nc1ccc(NC(=S)NC(=O)COc2ccc(Cl)cc2C)cc1. The van der Waals surface area contributed by atoms with Crippen LogP contribution in [-0.4, -0.2) is 28.6 Å². The summed E-state index contributed by atoms with van der Waals surface area (Å²) in [6.45, 7) is 3.40. The maximum Gasteiger partial charge on any atom is 0.264 e. The lowest BCUT2D eigenvalue weighted by molar-refractivity contribution is -0.121. The highest BCUT2D eigenvalue weighted by Crippen LogP contribution is 2.21. The molecule has 30 heavy (non-hydrogen) atoms. The molecule has 7 nitrogen and oxygen atoms in total. The van der Waals surface area contributed by atoms with E-state index < -0.39 is 5.91 Å². The van der Waals surface area contributed by atoms with Crippen LogP contribution in [0.4, 0.5) is 11.4 Å². The first-order valence-corrected chi connectivity index (χ1v) is 10.2. The summed E-state index contributed by atoms with van der Waals surface area (Å²) >= 11 is 16.1. The maximum absolute atomic E-state index is 12.0. The summed E-state index contributed by atoms with van der Waals surface area (Å²) in [5.41, 5.74) is 2.20. The van der Waals surface area contributed by atoms with Crippen LogP contribution in [0.1, 0.15) is 18.9 Å². The Kier molecular flexibility index (Phi) is 8.97. The first kappa shape index (κ1) is 23.5. The Morgan fingerprint density at radius 2 is 1.47 bits per heavy atom. The van der Waals surface area contributed by atoms with Crippen LogP contribution < -0.4 is 26.0 Å². The lowest BCUT2D eigenvalue weighted by atomic mass is 10.2. The number of thiocarbonyl (C=S) groups is 2. The Morgan fingerprint density at radius 3 is 1.97 bits per heavy atom. The minimum absolute atomic E-state index is 0.142. The van der Waals surface area contributed by atoms with Crippen molar-refractivity contribution in [1.29, 1.82) is 0 Å².